The molecule has 1 fully saturated rings. The van der Waals surface area contributed by atoms with Gasteiger partial charge in [-0.2, -0.15) is 0 Å². The standard InChI is InChI=1S/C8H13NO4/c1-13-8(12)9-6-3-2-5(4-6)7(10)11/h5-6H,2-4H2,1H3,(H,9,12)(H,10,11)/t5-,6+/m1/s1. The van der Waals surface area contributed by atoms with E-state index < -0.39 is 12.1 Å². The van der Waals surface area contributed by atoms with E-state index in [1.807, 2.05) is 0 Å². The number of carboxylic acids is 1. The van der Waals surface area contributed by atoms with Gasteiger partial charge >= 0.3 is 12.1 Å². The van der Waals surface area contributed by atoms with E-state index in [9.17, 15) is 9.59 Å². The first-order chi connectivity index (χ1) is 6.13. The van der Waals surface area contributed by atoms with Crippen LogP contribution in [0.4, 0.5) is 4.79 Å². The van der Waals surface area contributed by atoms with Gasteiger partial charge in [0.25, 0.3) is 0 Å². The number of carbonyl (C=O) groups is 2. The normalized spacial score (nSPS) is 26.8. The van der Waals surface area contributed by atoms with Gasteiger partial charge in [-0.25, -0.2) is 4.79 Å². The van der Waals surface area contributed by atoms with Gasteiger partial charge in [0, 0.05) is 6.04 Å². The Kier molecular flexibility index (Phi) is 3.11. The molecule has 74 valence electrons. The molecular formula is C8H13NO4. The fourth-order valence-electron chi connectivity index (χ4n) is 1.56. The number of aliphatic carboxylic acids is 1. The number of alkyl carbamates (subject to hydrolysis) is 1. The summed E-state index contributed by atoms with van der Waals surface area (Å²) in [6, 6.07) is -0.0476. The van der Waals surface area contributed by atoms with Crippen LogP contribution in [0.3, 0.4) is 0 Å². The summed E-state index contributed by atoms with van der Waals surface area (Å²) in [6.07, 6.45) is 1.36. The van der Waals surface area contributed by atoms with Gasteiger partial charge in [0.15, 0.2) is 0 Å². The van der Waals surface area contributed by atoms with Crippen molar-refractivity contribution in [3.8, 4) is 0 Å². The van der Waals surface area contributed by atoms with Crippen LogP contribution in [0.1, 0.15) is 19.3 Å². The van der Waals surface area contributed by atoms with Crippen LogP contribution in [-0.4, -0.2) is 30.3 Å². The molecule has 1 aliphatic carbocycles. The number of carboxylic acid groups (broad SMARTS) is 1. The van der Waals surface area contributed by atoms with Crippen molar-refractivity contribution in [1.29, 1.82) is 0 Å². The molecule has 13 heavy (non-hydrogen) atoms. The highest BCUT2D eigenvalue weighted by Crippen LogP contribution is 2.25. The summed E-state index contributed by atoms with van der Waals surface area (Å²) < 4.78 is 4.41. The number of amides is 1. The van der Waals surface area contributed by atoms with E-state index in [2.05, 4.69) is 10.1 Å². The van der Waals surface area contributed by atoms with E-state index >= 15 is 0 Å². The average Bonchev–Trinajstić information content (AvgIpc) is 2.52. The zero-order valence-electron chi connectivity index (χ0n) is 7.45. The average molecular weight is 187 g/mol. The number of nitrogens with one attached hydrogen (secondary N) is 1. The van der Waals surface area contributed by atoms with E-state index in [0.717, 1.165) is 0 Å². The Hall–Kier alpha value is -1.26. The molecule has 1 aliphatic rings. The second kappa shape index (κ2) is 4.11. The Morgan fingerprint density at radius 3 is 2.62 bits per heavy atom. The van der Waals surface area contributed by atoms with Crippen molar-refractivity contribution in [3.05, 3.63) is 0 Å². The zero-order valence-corrected chi connectivity index (χ0v) is 7.45. The molecule has 0 aromatic heterocycles. The number of rotatable bonds is 2. The molecule has 0 aromatic carbocycles. The van der Waals surface area contributed by atoms with E-state index in [4.69, 9.17) is 5.11 Å². The first-order valence-electron chi connectivity index (χ1n) is 4.20. The summed E-state index contributed by atoms with van der Waals surface area (Å²) in [5.74, 6) is -1.10. The lowest BCUT2D eigenvalue weighted by Gasteiger charge is -2.10. The van der Waals surface area contributed by atoms with Crippen LogP contribution >= 0.6 is 0 Å². The molecule has 2 N–H and O–H groups in total. The van der Waals surface area contributed by atoms with Gasteiger partial charge in [-0.3, -0.25) is 4.79 Å². The molecule has 0 unspecified atom stereocenters. The maximum absolute atomic E-state index is 10.8. The topological polar surface area (TPSA) is 75.6 Å². The Morgan fingerprint density at radius 2 is 2.15 bits per heavy atom. The van der Waals surface area contributed by atoms with Crippen LogP contribution < -0.4 is 5.32 Å². The third-order valence-corrected chi connectivity index (χ3v) is 2.29. The molecular weight excluding hydrogens is 174 g/mol. The molecule has 1 rings (SSSR count). The minimum absolute atomic E-state index is 0.0476. The minimum atomic E-state index is -0.783. The lowest BCUT2D eigenvalue weighted by molar-refractivity contribution is -0.141. The molecule has 2 atom stereocenters. The Bertz CT molecular complexity index is 216. The fraction of sp³-hybridized carbons (Fsp3) is 0.750. The highest BCUT2D eigenvalue weighted by Gasteiger charge is 2.30. The number of ether oxygens (including phenoxy) is 1. The van der Waals surface area contributed by atoms with Crippen LogP contribution in [0.15, 0.2) is 0 Å². The first kappa shape index (κ1) is 9.83. The van der Waals surface area contributed by atoms with Gasteiger partial charge in [-0.15, -0.1) is 0 Å². The second-order valence-corrected chi connectivity index (χ2v) is 3.18. The largest absolute Gasteiger partial charge is 0.481 e. The molecule has 5 nitrogen and oxygen atoms in total. The minimum Gasteiger partial charge on any atom is -0.481 e. The molecule has 0 saturated heterocycles. The van der Waals surface area contributed by atoms with Crippen molar-refractivity contribution in [2.75, 3.05) is 7.11 Å². The summed E-state index contributed by atoms with van der Waals surface area (Å²) in [5, 5.41) is 11.3. The molecule has 1 saturated carbocycles. The number of hydrogen-bond donors (Lipinski definition) is 2. The summed E-state index contributed by atoms with van der Waals surface area (Å²) in [6.45, 7) is 0. The lowest BCUT2D eigenvalue weighted by Crippen LogP contribution is -2.33. The van der Waals surface area contributed by atoms with Gasteiger partial charge in [0.2, 0.25) is 0 Å². The van der Waals surface area contributed by atoms with Crippen LogP contribution in [0.25, 0.3) is 0 Å². The fourth-order valence-corrected chi connectivity index (χ4v) is 1.56. The second-order valence-electron chi connectivity index (χ2n) is 3.18. The monoisotopic (exact) mass is 187 g/mol. The zero-order chi connectivity index (χ0) is 9.84. The van der Waals surface area contributed by atoms with Crippen molar-refractivity contribution in [2.45, 2.75) is 25.3 Å². The van der Waals surface area contributed by atoms with Crippen molar-refractivity contribution in [2.24, 2.45) is 5.92 Å². The smallest absolute Gasteiger partial charge is 0.407 e. The molecule has 0 spiro atoms. The molecule has 0 bridgehead atoms. The van der Waals surface area contributed by atoms with Gasteiger partial charge in [-0.1, -0.05) is 0 Å². The highest BCUT2D eigenvalue weighted by molar-refractivity contribution is 5.71. The van der Waals surface area contributed by atoms with E-state index in [1.165, 1.54) is 7.11 Å². The molecule has 0 aromatic rings. The van der Waals surface area contributed by atoms with Crippen molar-refractivity contribution >= 4 is 12.1 Å². The summed E-state index contributed by atoms with van der Waals surface area (Å²) in [7, 11) is 1.29. The maximum Gasteiger partial charge on any atom is 0.407 e. The SMILES string of the molecule is COC(=O)N[C@H]1CC[C@@H](C(=O)O)C1. The van der Waals surface area contributed by atoms with Gasteiger partial charge in [0.05, 0.1) is 13.0 Å². The van der Waals surface area contributed by atoms with Crippen LogP contribution in [-0.2, 0) is 9.53 Å². The number of methoxy groups -OCH3 is 1. The molecule has 0 radical (unpaired) electrons. The third-order valence-electron chi connectivity index (χ3n) is 2.29. The Morgan fingerprint density at radius 1 is 1.46 bits per heavy atom. The summed E-state index contributed by atoms with van der Waals surface area (Å²) >= 11 is 0. The van der Waals surface area contributed by atoms with Crippen molar-refractivity contribution in [1.82, 2.24) is 5.32 Å². The molecule has 1 amide bonds. The molecule has 0 heterocycles. The summed E-state index contributed by atoms with van der Waals surface area (Å²) in [5.41, 5.74) is 0. The first-order valence-corrected chi connectivity index (χ1v) is 4.20. The van der Waals surface area contributed by atoms with Gasteiger partial charge in [0.1, 0.15) is 0 Å². The molecule has 0 aliphatic heterocycles. The van der Waals surface area contributed by atoms with Crippen LogP contribution in [0.2, 0.25) is 0 Å². The number of carbonyl (C=O) groups excluding carboxylic acids is 1. The quantitative estimate of drug-likeness (QED) is 0.663. The molecule has 5 heteroatoms. The highest BCUT2D eigenvalue weighted by atomic mass is 16.5. The summed E-state index contributed by atoms with van der Waals surface area (Å²) in [4.78, 5) is 21.3. The van der Waals surface area contributed by atoms with Gasteiger partial charge in [-0.05, 0) is 19.3 Å². The van der Waals surface area contributed by atoms with Crippen molar-refractivity contribution in [3.63, 3.8) is 0 Å². The number of hydrogen-bond acceptors (Lipinski definition) is 3. The van der Waals surface area contributed by atoms with E-state index in [0.29, 0.717) is 19.3 Å². The predicted molar refractivity (Wildman–Crippen MR) is 44.3 cm³/mol. The lowest BCUT2D eigenvalue weighted by atomic mass is 10.1. The third kappa shape index (κ3) is 2.61. The Balaban J connectivity index is 2.33. The van der Waals surface area contributed by atoms with Crippen molar-refractivity contribution < 1.29 is 19.4 Å². The van der Waals surface area contributed by atoms with Crippen LogP contribution in [0.5, 0.6) is 0 Å². The maximum atomic E-state index is 10.8. The van der Waals surface area contributed by atoms with Crippen LogP contribution in [0, 0.1) is 5.92 Å². The Labute approximate surface area is 76.1 Å². The van der Waals surface area contributed by atoms with E-state index in [-0.39, 0.29) is 12.0 Å². The predicted octanol–water partition coefficient (Wildman–Crippen LogP) is 0.596. The van der Waals surface area contributed by atoms with E-state index in [1.54, 1.807) is 0 Å². The van der Waals surface area contributed by atoms with Gasteiger partial charge < -0.3 is 15.2 Å².